The number of rotatable bonds is 8. The highest BCUT2D eigenvalue weighted by molar-refractivity contribution is 5.80. The maximum atomic E-state index is 11.8. The number of ether oxygens (including phenoxy) is 3. The third kappa shape index (κ3) is 5.81. The van der Waals surface area contributed by atoms with Crippen LogP contribution in [0.4, 0.5) is 0 Å². The van der Waals surface area contributed by atoms with E-state index < -0.39 is 5.97 Å². The Balaban J connectivity index is 1.69. The summed E-state index contributed by atoms with van der Waals surface area (Å²) in [5, 5.41) is 2.68. The maximum absolute atomic E-state index is 11.8. The highest BCUT2D eigenvalue weighted by Crippen LogP contribution is 2.20. The lowest BCUT2D eigenvalue weighted by Gasteiger charge is -2.11. The Morgan fingerprint density at radius 2 is 1.73 bits per heavy atom. The third-order valence-corrected chi connectivity index (χ3v) is 3.91. The number of hydrogen-bond donors (Lipinski definition) is 1. The van der Waals surface area contributed by atoms with Gasteiger partial charge in [-0.25, -0.2) is 4.79 Å². The van der Waals surface area contributed by atoms with Crippen LogP contribution >= 0.6 is 0 Å². The van der Waals surface area contributed by atoms with Gasteiger partial charge in [0.05, 0.1) is 7.11 Å². The Hall–Kier alpha value is -3.02. The summed E-state index contributed by atoms with van der Waals surface area (Å²) in [7, 11) is 1.59. The van der Waals surface area contributed by atoms with Gasteiger partial charge in [-0.2, -0.15) is 0 Å². The van der Waals surface area contributed by atoms with E-state index in [0.29, 0.717) is 12.3 Å². The topological polar surface area (TPSA) is 73.9 Å². The van der Waals surface area contributed by atoms with Gasteiger partial charge >= 0.3 is 5.97 Å². The molecule has 1 amide bonds. The van der Waals surface area contributed by atoms with Gasteiger partial charge in [-0.1, -0.05) is 24.3 Å². The van der Waals surface area contributed by atoms with Crippen molar-refractivity contribution < 1.29 is 23.8 Å². The lowest BCUT2D eigenvalue weighted by atomic mass is 10.1. The van der Waals surface area contributed by atoms with Gasteiger partial charge in [-0.15, -0.1) is 0 Å². The van der Waals surface area contributed by atoms with E-state index in [4.69, 9.17) is 14.2 Å². The molecule has 138 valence electrons. The van der Waals surface area contributed by atoms with Crippen LogP contribution in [0.2, 0.25) is 0 Å². The first-order chi connectivity index (χ1) is 12.5. The average molecular weight is 357 g/mol. The number of carbonyl (C=O) groups excluding carboxylic acids is 2. The molecule has 0 saturated heterocycles. The van der Waals surface area contributed by atoms with Gasteiger partial charge in [-0.3, -0.25) is 4.79 Å². The standard InChI is InChI=1S/C20H23NO5/c1-14-5-4-6-18(15(14)2)25-13-20(23)26-12-19(22)21-11-16-7-9-17(24-3)10-8-16/h4-10H,11-13H2,1-3H3,(H,21,22). The van der Waals surface area contributed by atoms with Crippen molar-refractivity contribution in [2.24, 2.45) is 0 Å². The number of esters is 1. The van der Waals surface area contributed by atoms with E-state index >= 15 is 0 Å². The second kappa shape index (κ2) is 9.46. The molecule has 2 aromatic rings. The van der Waals surface area contributed by atoms with Crippen LogP contribution in [-0.4, -0.2) is 32.2 Å². The van der Waals surface area contributed by atoms with Crippen LogP contribution in [-0.2, 0) is 20.9 Å². The summed E-state index contributed by atoms with van der Waals surface area (Å²) in [5.74, 6) is 0.412. The number of nitrogens with one attached hydrogen (secondary N) is 1. The van der Waals surface area contributed by atoms with E-state index in [1.807, 2.05) is 50.2 Å². The van der Waals surface area contributed by atoms with Gasteiger partial charge in [-0.05, 0) is 48.7 Å². The molecule has 0 aliphatic rings. The van der Waals surface area contributed by atoms with Crippen LogP contribution < -0.4 is 14.8 Å². The first-order valence-corrected chi connectivity index (χ1v) is 8.24. The number of aryl methyl sites for hydroxylation is 1. The van der Waals surface area contributed by atoms with E-state index in [0.717, 1.165) is 22.4 Å². The first kappa shape index (κ1) is 19.3. The smallest absolute Gasteiger partial charge is 0.344 e. The zero-order chi connectivity index (χ0) is 18.9. The number of carbonyl (C=O) groups is 2. The minimum Gasteiger partial charge on any atom is -0.497 e. The van der Waals surface area contributed by atoms with E-state index in [1.54, 1.807) is 13.2 Å². The molecule has 0 bridgehead atoms. The van der Waals surface area contributed by atoms with Gasteiger partial charge in [0, 0.05) is 6.54 Å². The minimum absolute atomic E-state index is 0.240. The second-order valence-electron chi connectivity index (χ2n) is 5.77. The van der Waals surface area contributed by atoms with Crippen molar-refractivity contribution in [3.8, 4) is 11.5 Å². The number of amides is 1. The normalized spacial score (nSPS) is 10.1. The summed E-state index contributed by atoms with van der Waals surface area (Å²) in [6.45, 7) is 3.65. The summed E-state index contributed by atoms with van der Waals surface area (Å²) in [4.78, 5) is 23.5. The highest BCUT2D eigenvalue weighted by atomic mass is 16.6. The van der Waals surface area contributed by atoms with Crippen LogP contribution in [0.1, 0.15) is 16.7 Å². The largest absolute Gasteiger partial charge is 0.497 e. The molecule has 0 atom stereocenters. The quantitative estimate of drug-likeness (QED) is 0.735. The molecule has 0 saturated carbocycles. The Morgan fingerprint density at radius 1 is 1.00 bits per heavy atom. The molecule has 0 aliphatic carbocycles. The molecule has 26 heavy (non-hydrogen) atoms. The molecule has 0 aliphatic heterocycles. The van der Waals surface area contributed by atoms with E-state index in [2.05, 4.69) is 5.32 Å². The summed E-state index contributed by atoms with van der Waals surface area (Å²) in [6, 6.07) is 12.9. The second-order valence-corrected chi connectivity index (χ2v) is 5.77. The van der Waals surface area contributed by atoms with Crippen molar-refractivity contribution in [3.63, 3.8) is 0 Å². The van der Waals surface area contributed by atoms with Crippen molar-refractivity contribution in [2.75, 3.05) is 20.3 Å². The summed E-state index contributed by atoms with van der Waals surface area (Å²) < 4.78 is 15.4. The van der Waals surface area contributed by atoms with E-state index in [1.165, 1.54) is 0 Å². The fourth-order valence-corrected chi connectivity index (χ4v) is 2.20. The molecule has 6 heteroatoms. The van der Waals surface area contributed by atoms with Crippen LogP contribution in [0.15, 0.2) is 42.5 Å². The molecule has 1 N–H and O–H groups in total. The van der Waals surface area contributed by atoms with Gasteiger partial charge in [0.2, 0.25) is 0 Å². The molecule has 0 unspecified atom stereocenters. The Bertz CT molecular complexity index is 755. The van der Waals surface area contributed by atoms with E-state index in [-0.39, 0.29) is 19.1 Å². The highest BCUT2D eigenvalue weighted by Gasteiger charge is 2.10. The molecule has 2 aromatic carbocycles. The van der Waals surface area contributed by atoms with Gasteiger partial charge < -0.3 is 19.5 Å². The lowest BCUT2D eigenvalue weighted by molar-refractivity contribution is -0.150. The Kier molecular flexibility index (Phi) is 7.02. The molecular weight excluding hydrogens is 334 g/mol. The minimum atomic E-state index is -0.592. The fourth-order valence-electron chi connectivity index (χ4n) is 2.20. The Morgan fingerprint density at radius 3 is 2.42 bits per heavy atom. The summed E-state index contributed by atoms with van der Waals surface area (Å²) >= 11 is 0. The Labute approximate surface area is 153 Å². The molecular formula is C20H23NO5. The van der Waals surface area contributed by atoms with Gasteiger partial charge in [0.25, 0.3) is 5.91 Å². The zero-order valence-electron chi connectivity index (χ0n) is 15.2. The third-order valence-electron chi connectivity index (χ3n) is 3.91. The maximum Gasteiger partial charge on any atom is 0.344 e. The van der Waals surface area contributed by atoms with Gasteiger partial charge in [0.1, 0.15) is 11.5 Å². The molecule has 0 heterocycles. The van der Waals surface area contributed by atoms with Crippen molar-refractivity contribution in [1.29, 1.82) is 0 Å². The average Bonchev–Trinajstić information content (AvgIpc) is 2.66. The molecule has 0 spiro atoms. The van der Waals surface area contributed by atoms with Gasteiger partial charge in [0.15, 0.2) is 13.2 Å². The van der Waals surface area contributed by atoms with Crippen LogP contribution in [0.3, 0.4) is 0 Å². The first-order valence-electron chi connectivity index (χ1n) is 8.24. The van der Waals surface area contributed by atoms with Crippen molar-refractivity contribution in [2.45, 2.75) is 20.4 Å². The molecule has 0 radical (unpaired) electrons. The summed E-state index contributed by atoms with van der Waals surface area (Å²) in [6.07, 6.45) is 0. The monoisotopic (exact) mass is 357 g/mol. The van der Waals surface area contributed by atoms with E-state index in [9.17, 15) is 9.59 Å². The SMILES string of the molecule is COc1ccc(CNC(=O)COC(=O)COc2cccc(C)c2C)cc1. The molecule has 6 nitrogen and oxygen atoms in total. The molecule has 2 rings (SSSR count). The predicted octanol–water partition coefficient (Wildman–Crippen LogP) is 2.55. The van der Waals surface area contributed by atoms with Crippen molar-refractivity contribution in [3.05, 3.63) is 59.2 Å². The fraction of sp³-hybridized carbons (Fsp3) is 0.300. The zero-order valence-corrected chi connectivity index (χ0v) is 15.2. The van der Waals surface area contributed by atoms with Crippen molar-refractivity contribution >= 4 is 11.9 Å². The summed E-state index contributed by atoms with van der Waals surface area (Å²) in [5.41, 5.74) is 2.97. The molecule has 0 aromatic heterocycles. The van der Waals surface area contributed by atoms with Crippen LogP contribution in [0.5, 0.6) is 11.5 Å². The van der Waals surface area contributed by atoms with Crippen LogP contribution in [0, 0.1) is 13.8 Å². The number of benzene rings is 2. The van der Waals surface area contributed by atoms with Crippen molar-refractivity contribution in [1.82, 2.24) is 5.32 Å². The van der Waals surface area contributed by atoms with Crippen LogP contribution in [0.25, 0.3) is 0 Å². The number of methoxy groups -OCH3 is 1. The predicted molar refractivity (Wildman–Crippen MR) is 97.2 cm³/mol. The molecule has 0 fully saturated rings. The number of hydrogen-bond acceptors (Lipinski definition) is 5. The lowest BCUT2D eigenvalue weighted by Crippen LogP contribution is -2.29.